The van der Waals surface area contributed by atoms with Crippen LogP contribution in [0, 0.1) is 0 Å². The molecule has 5 heteroatoms. The number of carboxylic acid groups (broad SMARTS) is 1. The lowest BCUT2D eigenvalue weighted by atomic mass is 9.95. The van der Waals surface area contributed by atoms with Crippen LogP contribution in [-0.2, 0) is 13.0 Å². The van der Waals surface area contributed by atoms with E-state index < -0.39 is 6.09 Å². The van der Waals surface area contributed by atoms with E-state index in [1.165, 1.54) is 16.0 Å². The van der Waals surface area contributed by atoms with Gasteiger partial charge in [-0.25, -0.2) is 4.79 Å². The Morgan fingerprint density at radius 3 is 2.60 bits per heavy atom. The molecule has 1 aromatic rings. The van der Waals surface area contributed by atoms with Crippen LogP contribution in [-0.4, -0.2) is 59.8 Å². The van der Waals surface area contributed by atoms with Crippen LogP contribution < -0.4 is 5.32 Å². The van der Waals surface area contributed by atoms with E-state index in [2.05, 4.69) is 34.5 Å². The number of hydrogen-bond acceptors (Lipinski definition) is 3. The monoisotopic (exact) mass is 275 g/mol. The Hall–Kier alpha value is -1.59. The Morgan fingerprint density at radius 1 is 1.20 bits per heavy atom. The van der Waals surface area contributed by atoms with Gasteiger partial charge in [0.2, 0.25) is 0 Å². The first kappa shape index (κ1) is 13.4. The van der Waals surface area contributed by atoms with Gasteiger partial charge in [-0.05, 0) is 17.5 Å². The molecule has 2 N–H and O–H groups in total. The van der Waals surface area contributed by atoms with Gasteiger partial charge in [-0.1, -0.05) is 24.3 Å². The number of hydrogen-bond donors (Lipinski definition) is 2. The number of amides is 1. The molecule has 5 nitrogen and oxygen atoms in total. The van der Waals surface area contributed by atoms with Gasteiger partial charge in [-0.15, -0.1) is 0 Å². The quantitative estimate of drug-likeness (QED) is 0.845. The Bertz CT molecular complexity index is 484. The molecule has 0 saturated carbocycles. The lowest BCUT2D eigenvalue weighted by Gasteiger charge is -2.36. The van der Waals surface area contributed by atoms with Crippen LogP contribution in [0.25, 0.3) is 0 Å². The van der Waals surface area contributed by atoms with Gasteiger partial charge in [-0.3, -0.25) is 4.90 Å². The maximum Gasteiger partial charge on any atom is 0.407 e. The molecule has 0 bridgehead atoms. The third-order valence-electron chi connectivity index (χ3n) is 4.29. The summed E-state index contributed by atoms with van der Waals surface area (Å²) in [5.74, 6) is 0. The van der Waals surface area contributed by atoms with Crippen LogP contribution in [0.4, 0.5) is 4.79 Å². The molecule has 0 radical (unpaired) electrons. The second kappa shape index (κ2) is 5.81. The second-order valence-electron chi connectivity index (χ2n) is 5.62. The molecule has 1 aromatic carbocycles. The zero-order chi connectivity index (χ0) is 13.9. The minimum Gasteiger partial charge on any atom is -0.465 e. The average Bonchev–Trinajstić information content (AvgIpc) is 2.48. The number of nitrogens with zero attached hydrogens (tertiary/aromatic N) is 2. The third-order valence-corrected chi connectivity index (χ3v) is 4.29. The van der Waals surface area contributed by atoms with Crippen LogP contribution in [0.3, 0.4) is 0 Å². The summed E-state index contributed by atoms with van der Waals surface area (Å²) in [6.07, 6.45) is 0.268. The van der Waals surface area contributed by atoms with Crippen LogP contribution >= 0.6 is 0 Å². The van der Waals surface area contributed by atoms with Gasteiger partial charge in [-0.2, -0.15) is 0 Å². The van der Waals surface area contributed by atoms with E-state index in [1.807, 2.05) is 0 Å². The second-order valence-corrected chi connectivity index (χ2v) is 5.62. The number of rotatable bonds is 2. The van der Waals surface area contributed by atoms with Crippen molar-refractivity contribution in [2.75, 3.05) is 32.7 Å². The third kappa shape index (κ3) is 2.94. The summed E-state index contributed by atoms with van der Waals surface area (Å²) in [5.41, 5.74) is 2.85. The first-order chi connectivity index (χ1) is 9.72. The van der Waals surface area contributed by atoms with Crippen LogP contribution in [0.5, 0.6) is 0 Å². The van der Waals surface area contributed by atoms with Gasteiger partial charge in [0.15, 0.2) is 0 Å². The minimum absolute atomic E-state index is 0.473. The lowest BCUT2D eigenvalue weighted by Crippen LogP contribution is -2.52. The lowest BCUT2D eigenvalue weighted by molar-refractivity contribution is 0.100. The highest BCUT2D eigenvalue weighted by Gasteiger charge is 2.24. The maximum atomic E-state index is 10.9. The van der Waals surface area contributed by atoms with E-state index in [1.54, 1.807) is 0 Å². The molecule has 3 rings (SSSR count). The molecule has 2 aliphatic heterocycles. The largest absolute Gasteiger partial charge is 0.465 e. The molecule has 1 saturated heterocycles. The number of carbonyl (C=O) groups is 1. The van der Waals surface area contributed by atoms with Gasteiger partial charge in [0, 0.05) is 45.3 Å². The summed E-state index contributed by atoms with van der Waals surface area (Å²) in [6.45, 7) is 4.87. The van der Waals surface area contributed by atoms with E-state index in [0.29, 0.717) is 19.1 Å². The van der Waals surface area contributed by atoms with E-state index in [0.717, 1.165) is 32.6 Å². The molecule has 108 valence electrons. The fourth-order valence-electron chi connectivity index (χ4n) is 3.08. The summed E-state index contributed by atoms with van der Waals surface area (Å²) < 4.78 is 0. The summed E-state index contributed by atoms with van der Waals surface area (Å²) in [7, 11) is 0. The maximum absolute atomic E-state index is 10.9. The summed E-state index contributed by atoms with van der Waals surface area (Å²) >= 11 is 0. The molecule has 2 aliphatic rings. The van der Waals surface area contributed by atoms with Crippen molar-refractivity contribution in [3.63, 3.8) is 0 Å². The van der Waals surface area contributed by atoms with Crippen molar-refractivity contribution < 1.29 is 9.90 Å². The Labute approximate surface area is 119 Å². The number of nitrogens with one attached hydrogen (secondary N) is 1. The van der Waals surface area contributed by atoms with Crippen LogP contribution in [0.15, 0.2) is 24.3 Å². The zero-order valence-corrected chi connectivity index (χ0v) is 11.6. The van der Waals surface area contributed by atoms with E-state index >= 15 is 0 Å². The Kier molecular flexibility index (Phi) is 3.89. The molecular formula is C15H21N3O2. The first-order valence-electron chi connectivity index (χ1n) is 7.23. The molecule has 1 fully saturated rings. The van der Waals surface area contributed by atoms with Gasteiger partial charge in [0.1, 0.15) is 0 Å². The fraction of sp³-hybridized carbons (Fsp3) is 0.533. The van der Waals surface area contributed by atoms with Crippen molar-refractivity contribution in [3.05, 3.63) is 35.4 Å². The molecule has 1 atom stereocenters. The van der Waals surface area contributed by atoms with Gasteiger partial charge < -0.3 is 15.3 Å². The molecular weight excluding hydrogens is 254 g/mol. The zero-order valence-electron chi connectivity index (χ0n) is 11.6. The van der Waals surface area contributed by atoms with Crippen LogP contribution in [0.2, 0.25) is 0 Å². The number of piperazine rings is 1. The number of fused-ring (bicyclic) bond motifs is 1. The van der Waals surface area contributed by atoms with Gasteiger partial charge >= 0.3 is 6.09 Å². The Balaban J connectivity index is 1.52. The molecule has 0 spiro atoms. The summed E-state index contributed by atoms with van der Waals surface area (Å²) in [4.78, 5) is 14.7. The van der Waals surface area contributed by atoms with Crippen molar-refractivity contribution >= 4 is 6.09 Å². The summed E-state index contributed by atoms with van der Waals surface area (Å²) in [5, 5.41) is 12.5. The summed E-state index contributed by atoms with van der Waals surface area (Å²) in [6, 6.07) is 9.07. The molecule has 1 amide bonds. The van der Waals surface area contributed by atoms with Gasteiger partial charge in [0.05, 0.1) is 0 Å². The smallest absolute Gasteiger partial charge is 0.407 e. The standard InChI is InChI=1S/C15H21N3O2/c19-15(20)18-7-5-17(6-8-18)11-14-9-12-3-1-2-4-13(12)10-16-14/h1-4,14,16H,5-11H2,(H,19,20)/t14-/m0/s1. The van der Waals surface area contributed by atoms with Crippen molar-refractivity contribution in [1.82, 2.24) is 15.1 Å². The van der Waals surface area contributed by atoms with Gasteiger partial charge in [0.25, 0.3) is 0 Å². The van der Waals surface area contributed by atoms with Crippen LogP contribution in [0.1, 0.15) is 11.1 Å². The van der Waals surface area contributed by atoms with Crippen molar-refractivity contribution in [2.45, 2.75) is 19.0 Å². The normalized spacial score (nSPS) is 23.4. The molecule has 20 heavy (non-hydrogen) atoms. The SMILES string of the molecule is O=C(O)N1CCN(C[C@@H]2Cc3ccccc3CN2)CC1. The minimum atomic E-state index is -0.797. The predicted molar refractivity (Wildman–Crippen MR) is 76.8 cm³/mol. The molecule has 2 heterocycles. The fourth-order valence-corrected chi connectivity index (χ4v) is 3.08. The molecule has 0 aliphatic carbocycles. The first-order valence-corrected chi connectivity index (χ1v) is 7.23. The average molecular weight is 275 g/mol. The number of benzene rings is 1. The highest BCUT2D eigenvalue weighted by molar-refractivity contribution is 5.65. The van der Waals surface area contributed by atoms with Crippen molar-refractivity contribution in [2.24, 2.45) is 0 Å². The highest BCUT2D eigenvalue weighted by Crippen LogP contribution is 2.17. The Morgan fingerprint density at radius 2 is 1.90 bits per heavy atom. The highest BCUT2D eigenvalue weighted by atomic mass is 16.4. The predicted octanol–water partition coefficient (Wildman–Crippen LogP) is 0.996. The van der Waals surface area contributed by atoms with E-state index in [9.17, 15) is 4.79 Å². The van der Waals surface area contributed by atoms with Crippen molar-refractivity contribution in [3.8, 4) is 0 Å². The van der Waals surface area contributed by atoms with Crippen molar-refractivity contribution in [1.29, 1.82) is 0 Å². The van der Waals surface area contributed by atoms with E-state index in [-0.39, 0.29) is 0 Å². The molecule has 0 aromatic heterocycles. The van der Waals surface area contributed by atoms with E-state index in [4.69, 9.17) is 5.11 Å². The topological polar surface area (TPSA) is 55.8 Å². The molecule has 0 unspecified atom stereocenters.